The molecule has 1 rings (SSSR count). The second-order valence-corrected chi connectivity index (χ2v) is 3.63. The standard InChI is InChI=1S/C12H16N2O3/c15-11(7-4-8-12(16)17)14-13-9-10-5-2-1-3-6-10/h1-3,5-6,13H,4,7-9H2,(H,14,15)(H,16,17). The fraction of sp³-hybridized carbons (Fsp3) is 0.333. The summed E-state index contributed by atoms with van der Waals surface area (Å²) in [6, 6.07) is 9.67. The molecule has 0 aliphatic carbocycles. The highest BCUT2D eigenvalue weighted by Gasteiger charge is 2.02. The molecule has 1 amide bonds. The highest BCUT2D eigenvalue weighted by Crippen LogP contribution is 1.97. The average Bonchev–Trinajstić information content (AvgIpc) is 2.30. The van der Waals surface area contributed by atoms with Gasteiger partial charge in [-0.2, -0.15) is 0 Å². The third-order valence-electron chi connectivity index (χ3n) is 2.16. The zero-order valence-corrected chi connectivity index (χ0v) is 9.48. The van der Waals surface area contributed by atoms with Crippen LogP contribution in [0.15, 0.2) is 30.3 Å². The zero-order valence-electron chi connectivity index (χ0n) is 9.48. The fourth-order valence-electron chi connectivity index (χ4n) is 1.30. The third kappa shape index (κ3) is 6.32. The van der Waals surface area contributed by atoms with E-state index >= 15 is 0 Å². The first-order chi connectivity index (χ1) is 8.18. The first-order valence-electron chi connectivity index (χ1n) is 5.46. The van der Waals surface area contributed by atoms with E-state index in [2.05, 4.69) is 10.9 Å². The van der Waals surface area contributed by atoms with Gasteiger partial charge in [-0.1, -0.05) is 30.3 Å². The Morgan fingerprint density at radius 1 is 1.12 bits per heavy atom. The van der Waals surface area contributed by atoms with Gasteiger partial charge in [-0.25, -0.2) is 5.43 Å². The molecular weight excluding hydrogens is 220 g/mol. The molecule has 0 bridgehead atoms. The van der Waals surface area contributed by atoms with E-state index in [-0.39, 0.29) is 18.7 Å². The second kappa shape index (κ2) is 7.40. The SMILES string of the molecule is O=C(O)CCCC(=O)NNCc1ccccc1. The van der Waals surface area contributed by atoms with Crippen molar-refractivity contribution < 1.29 is 14.7 Å². The number of carboxylic acid groups (broad SMARTS) is 1. The van der Waals surface area contributed by atoms with Crippen molar-refractivity contribution in [3.8, 4) is 0 Å². The molecule has 17 heavy (non-hydrogen) atoms. The van der Waals surface area contributed by atoms with E-state index in [1.54, 1.807) is 0 Å². The Kier molecular flexibility index (Phi) is 5.74. The second-order valence-electron chi connectivity index (χ2n) is 3.63. The van der Waals surface area contributed by atoms with Gasteiger partial charge in [0.25, 0.3) is 0 Å². The predicted octanol–water partition coefficient (Wildman–Crippen LogP) is 1.06. The van der Waals surface area contributed by atoms with Crippen LogP contribution in [0.3, 0.4) is 0 Å². The number of rotatable bonds is 7. The first kappa shape index (κ1) is 13.2. The van der Waals surface area contributed by atoms with Crippen LogP contribution in [0, 0.1) is 0 Å². The summed E-state index contributed by atoms with van der Waals surface area (Å²) < 4.78 is 0. The Balaban J connectivity index is 2.10. The molecule has 0 aromatic heterocycles. The predicted molar refractivity (Wildman–Crippen MR) is 62.9 cm³/mol. The number of benzene rings is 1. The maximum absolute atomic E-state index is 11.2. The van der Waals surface area contributed by atoms with E-state index in [0.717, 1.165) is 5.56 Å². The van der Waals surface area contributed by atoms with E-state index < -0.39 is 5.97 Å². The number of hydrogen-bond donors (Lipinski definition) is 3. The monoisotopic (exact) mass is 236 g/mol. The van der Waals surface area contributed by atoms with Gasteiger partial charge in [0.05, 0.1) is 0 Å². The smallest absolute Gasteiger partial charge is 0.303 e. The molecule has 5 nitrogen and oxygen atoms in total. The Labute approximate surface area is 99.8 Å². The molecule has 0 spiro atoms. The number of carbonyl (C=O) groups is 2. The van der Waals surface area contributed by atoms with Gasteiger partial charge >= 0.3 is 5.97 Å². The van der Waals surface area contributed by atoms with Crippen molar-refractivity contribution in [1.82, 2.24) is 10.9 Å². The molecule has 0 atom stereocenters. The van der Waals surface area contributed by atoms with Crippen LogP contribution < -0.4 is 10.9 Å². The molecule has 0 heterocycles. The number of amides is 1. The quantitative estimate of drug-likeness (QED) is 0.619. The van der Waals surface area contributed by atoms with E-state index in [1.807, 2.05) is 30.3 Å². The van der Waals surface area contributed by atoms with Crippen LogP contribution in [0.4, 0.5) is 0 Å². The molecule has 0 fully saturated rings. The van der Waals surface area contributed by atoms with Crippen molar-refractivity contribution >= 4 is 11.9 Å². The lowest BCUT2D eigenvalue weighted by Crippen LogP contribution is -2.36. The molecule has 5 heteroatoms. The van der Waals surface area contributed by atoms with Crippen LogP contribution in [-0.4, -0.2) is 17.0 Å². The van der Waals surface area contributed by atoms with Gasteiger partial charge in [-0.15, -0.1) is 0 Å². The Morgan fingerprint density at radius 2 is 1.82 bits per heavy atom. The van der Waals surface area contributed by atoms with Crippen molar-refractivity contribution in [2.75, 3.05) is 0 Å². The third-order valence-corrected chi connectivity index (χ3v) is 2.16. The van der Waals surface area contributed by atoms with Gasteiger partial charge in [-0.05, 0) is 12.0 Å². The van der Waals surface area contributed by atoms with Crippen molar-refractivity contribution in [3.63, 3.8) is 0 Å². The molecule has 0 saturated carbocycles. The van der Waals surface area contributed by atoms with Crippen LogP contribution in [0.25, 0.3) is 0 Å². The van der Waals surface area contributed by atoms with Crippen molar-refractivity contribution in [3.05, 3.63) is 35.9 Å². The summed E-state index contributed by atoms with van der Waals surface area (Å²) in [5.41, 5.74) is 6.38. The molecule has 0 saturated heterocycles. The van der Waals surface area contributed by atoms with Gasteiger partial charge in [0.1, 0.15) is 0 Å². The van der Waals surface area contributed by atoms with Gasteiger partial charge in [0, 0.05) is 19.4 Å². The van der Waals surface area contributed by atoms with Gasteiger partial charge in [0.2, 0.25) is 5.91 Å². The summed E-state index contributed by atoms with van der Waals surface area (Å²) in [6.45, 7) is 0.547. The van der Waals surface area contributed by atoms with Crippen LogP contribution in [0.1, 0.15) is 24.8 Å². The van der Waals surface area contributed by atoms with E-state index in [1.165, 1.54) is 0 Å². The minimum atomic E-state index is -0.880. The molecular formula is C12H16N2O3. The summed E-state index contributed by atoms with van der Waals surface area (Å²) in [4.78, 5) is 21.5. The topological polar surface area (TPSA) is 78.4 Å². The Bertz CT molecular complexity index is 365. The van der Waals surface area contributed by atoms with Crippen LogP contribution in [0.2, 0.25) is 0 Å². The maximum Gasteiger partial charge on any atom is 0.303 e. The van der Waals surface area contributed by atoms with Crippen LogP contribution >= 0.6 is 0 Å². The molecule has 1 aromatic rings. The van der Waals surface area contributed by atoms with E-state index in [0.29, 0.717) is 13.0 Å². The van der Waals surface area contributed by atoms with Crippen LogP contribution in [0.5, 0.6) is 0 Å². The van der Waals surface area contributed by atoms with Gasteiger partial charge < -0.3 is 5.11 Å². The average molecular weight is 236 g/mol. The first-order valence-corrected chi connectivity index (χ1v) is 5.46. The van der Waals surface area contributed by atoms with E-state index in [9.17, 15) is 9.59 Å². The summed E-state index contributed by atoms with van der Waals surface area (Å²) in [6.07, 6.45) is 0.592. The minimum absolute atomic E-state index is 0.0199. The fourth-order valence-corrected chi connectivity index (χ4v) is 1.30. The Hall–Kier alpha value is -1.88. The molecule has 3 N–H and O–H groups in total. The maximum atomic E-state index is 11.2. The molecule has 0 radical (unpaired) electrons. The summed E-state index contributed by atoms with van der Waals surface area (Å²) in [7, 11) is 0. The lowest BCUT2D eigenvalue weighted by molar-refractivity contribution is -0.137. The largest absolute Gasteiger partial charge is 0.481 e. The number of hydrogen-bond acceptors (Lipinski definition) is 3. The Morgan fingerprint density at radius 3 is 2.47 bits per heavy atom. The highest BCUT2D eigenvalue weighted by molar-refractivity contribution is 5.76. The number of carboxylic acids is 1. The van der Waals surface area contributed by atoms with Crippen molar-refractivity contribution in [2.24, 2.45) is 0 Å². The molecule has 0 aliphatic rings. The lowest BCUT2D eigenvalue weighted by Gasteiger charge is -2.06. The molecule has 1 aromatic carbocycles. The number of hydrazine groups is 1. The summed E-state index contributed by atoms with van der Waals surface area (Å²) >= 11 is 0. The highest BCUT2D eigenvalue weighted by atomic mass is 16.4. The number of aliphatic carboxylic acids is 1. The van der Waals surface area contributed by atoms with Crippen molar-refractivity contribution in [2.45, 2.75) is 25.8 Å². The number of carbonyl (C=O) groups excluding carboxylic acids is 1. The van der Waals surface area contributed by atoms with Gasteiger partial charge in [0.15, 0.2) is 0 Å². The number of nitrogens with one attached hydrogen (secondary N) is 2. The lowest BCUT2D eigenvalue weighted by atomic mass is 10.2. The van der Waals surface area contributed by atoms with Gasteiger partial charge in [-0.3, -0.25) is 15.0 Å². The minimum Gasteiger partial charge on any atom is -0.481 e. The van der Waals surface area contributed by atoms with E-state index in [4.69, 9.17) is 5.11 Å². The van der Waals surface area contributed by atoms with Crippen molar-refractivity contribution in [1.29, 1.82) is 0 Å². The van der Waals surface area contributed by atoms with Crippen LogP contribution in [-0.2, 0) is 16.1 Å². The molecule has 0 aliphatic heterocycles. The summed E-state index contributed by atoms with van der Waals surface area (Å²) in [5.74, 6) is -1.07. The molecule has 0 unspecified atom stereocenters. The summed E-state index contributed by atoms with van der Waals surface area (Å²) in [5, 5.41) is 8.40. The molecule has 92 valence electrons. The normalized spacial score (nSPS) is 9.88. The zero-order chi connectivity index (χ0) is 12.5.